The fourth-order valence-corrected chi connectivity index (χ4v) is 5.41. The largest absolute Gasteiger partial charge is 0.490 e. The summed E-state index contributed by atoms with van der Waals surface area (Å²) in [5, 5.41) is 1.05. The molecule has 240 valence electrons. The number of halogens is 2. The Hall–Kier alpha value is -3.75. The Morgan fingerprint density at radius 1 is 1.11 bits per heavy atom. The van der Waals surface area contributed by atoms with Crippen LogP contribution in [0.25, 0.3) is 0 Å². The van der Waals surface area contributed by atoms with Gasteiger partial charge in [-0.05, 0) is 83.0 Å². The van der Waals surface area contributed by atoms with Gasteiger partial charge in [-0.25, -0.2) is 4.79 Å². The van der Waals surface area contributed by atoms with Crippen molar-refractivity contribution >= 4 is 41.0 Å². The summed E-state index contributed by atoms with van der Waals surface area (Å²) in [6, 6.07) is 11.7. The molecule has 2 atom stereocenters. The highest BCUT2D eigenvalue weighted by atomic mass is 35.5. The van der Waals surface area contributed by atoms with Gasteiger partial charge >= 0.3 is 6.03 Å². The lowest BCUT2D eigenvalue weighted by molar-refractivity contribution is -0.133. The monoisotopic (exact) mass is 652 g/mol. The molecule has 2 aliphatic rings. The maximum Gasteiger partial charge on any atom is 0.326 e. The van der Waals surface area contributed by atoms with Gasteiger partial charge in [0, 0.05) is 36.3 Å². The highest BCUT2D eigenvalue weighted by molar-refractivity contribution is 6.31. The second kappa shape index (κ2) is 14.1. The number of carbonyl (C=O) groups is 2. The summed E-state index contributed by atoms with van der Waals surface area (Å²) in [4.78, 5) is 37.5. The number of carbonyl (C=O) groups excluding carboxylic acids is 2. The van der Waals surface area contributed by atoms with Crippen LogP contribution in [-0.4, -0.2) is 76.9 Å². The van der Waals surface area contributed by atoms with Gasteiger partial charge in [0.05, 0.1) is 17.7 Å². The Morgan fingerprint density at radius 3 is 2.40 bits per heavy atom. The van der Waals surface area contributed by atoms with E-state index in [0.717, 1.165) is 11.1 Å². The van der Waals surface area contributed by atoms with Crippen molar-refractivity contribution < 1.29 is 19.1 Å². The first-order valence-electron chi connectivity index (χ1n) is 15.0. The van der Waals surface area contributed by atoms with Crippen molar-refractivity contribution in [3.05, 3.63) is 94.0 Å². The number of allylic oxidation sites excluding steroid dienone is 4. The van der Waals surface area contributed by atoms with E-state index >= 15 is 0 Å². The SMILES string of the molecule is C=C/C(Cl)=C\C=C(/C)[C@@H]1[C@H](c2ccc(Cl)cc2)N=C(c2ccc(OC(C)(C)C)cc2OC(C)C)N1C(=O)N1CCN(C)C(=O)C1. The highest BCUT2D eigenvalue weighted by Crippen LogP contribution is 2.41. The zero-order valence-electron chi connectivity index (χ0n) is 27.0. The molecule has 0 bridgehead atoms. The summed E-state index contributed by atoms with van der Waals surface area (Å²) in [6.45, 7) is 16.3. The molecular formula is C35H42Cl2N4O4. The first kappa shape index (κ1) is 34.1. The summed E-state index contributed by atoms with van der Waals surface area (Å²) < 4.78 is 12.5. The number of amidine groups is 1. The van der Waals surface area contributed by atoms with Crippen molar-refractivity contribution in [3.63, 3.8) is 0 Å². The van der Waals surface area contributed by atoms with Gasteiger partial charge in [-0.3, -0.25) is 14.7 Å². The minimum atomic E-state index is -0.550. The minimum absolute atomic E-state index is 0.0316. The van der Waals surface area contributed by atoms with Crippen molar-refractivity contribution in [1.29, 1.82) is 0 Å². The highest BCUT2D eigenvalue weighted by Gasteiger charge is 2.45. The molecule has 1 saturated heterocycles. The van der Waals surface area contributed by atoms with E-state index in [9.17, 15) is 9.59 Å². The van der Waals surface area contributed by atoms with Crippen LogP contribution < -0.4 is 9.47 Å². The number of nitrogens with zero attached hydrogens (tertiary/aromatic N) is 4. The smallest absolute Gasteiger partial charge is 0.326 e. The van der Waals surface area contributed by atoms with E-state index in [-0.39, 0.29) is 24.6 Å². The predicted octanol–water partition coefficient (Wildman–Crippen LogP) is 7.63. The topological polar surface area (TPSA) is 74.7 Å². The Labute approximate surface area is 276 Å². The van der Waals surface area contributed by atoms with Gasteiger partial charge in [-0.1, -0.05) is 54.1 Å². The normalized spacial score (nSPS) is 19.6. The number of piperazine rings is 1. The van der Waals surface area contributed by atoms with Crippen LogP contribution in [0.3, 0.4) is 0 Å². The van der Waals surface area contributed by atoms with E-state index in [1.807, 2.05) is 90.1 Å². The minimum Gasteiger partial charge on any atom is -0.490 e. The van der Waals surface area contributed by atoms with E-state index in [0.29, 0.717) is 46.0 Å². The van der Waals surface area contributed by atoms with Crippen LogP contribution in [0.2, 0.25) is 5.02 Å². The lowest BCUT2D eigenvalue weighted by Gasteiger charge is -2.38. The summed E-state index contributed by atoms with van der Waals surface area (Å²) in [5.74, 6) is 1.47. The number of ether oxygens (including phenoxy) is 2. The summed E-state index contributed by atoms with van der Waals surface area (Å²) in [6.07, 6.45) is 5.01. The standard InChI is InChI=1S/C35H42Cl2N4O4/c1-9-25(36)13-10-23(4)32-31(24-11-14-26(37)15-12-24)38-33(41(32)34(43)40-19-18-39(8)30(42)21-40)28-17-16-27(45-35(5,6)7)20-29(28)44-22(2)3/h9-17,20,22,31-32H,1,18-19,21H2,2-8H3/b23-10+,25-13+/t31-,32+/m0/s1. The van der Waals surface area contributed by atoms with Crippen molar-refractivity contribution in [2.45, 2.75) is 65.3 Å². The van der Waals surface area contributed by atoms with Crippen LogP contribution in [0.15, 0.2) is 82.9 Å². The average molecular weight is 654 g/mol. The number of likely N-dealkylation sites (N-methyl/N-ethyl adjacent to an activating group) is 1. The molecule has 0 saturated carbocycles. The molecule has 0 N–H and O–H groups in total. The molecule has 4 rings (SSSR count). The molecule has 1 fully saturated rings. The lowest BCUT2D eigenvalue weighted by Crippen LogP contribution is -2.57. The lowest BCUT2D eigenvalue weighted by atomic mass is 9.94. The first-order valence-corrected chi connectivity index (χ1v) is 15.8. The zero-order valence-corrected chi connectivity index (χ0v) is 28.5. The van der Waals surface area contributed by atoms with Gasteiger partial charge < -0.3 is 19.3 Å². The fourth-order valence-electron chi connectivity index (χ4n) is 5.22. The van der Waals surface area contributed by atoms with E-state index in [2.05, 4.69) is 6.58 Å². The van der Waals surface area contributed by atoms with Crippen molar-refractivity contribution in [2.75, 3.05) is 26.7 Å². The van der Waals surface area contributed by atoms with Crippen LogP contribution in [0.1, 0.15) is 58.7 Å². The second-order valence-electron chi connectivity index (χ2n) is 12.5. The summed E-state index contributed by atoms with van der Waals surface area (Å²) in [7, 11) is 1.74. The van der Waals surface area contributed by atoms with E-state index in [1.54, 1.807) is 33.9 Å². The average Bonchev–Trinajstić information content (AvgIpc) is 3.36. The van der Waals surface area contributed by atoms with Gasteiger partial charge in [-0.2, -0.15) is 0 Å². The number of hydrogen-bond acceptors (Lipinski definition) is 5. The van der Waals surface area contributed by atoms with Crippen LogP contribution in [0, 0.1) is 0 Å². The van der Waals surface area contributed by atoms with Gasteiger partial charge in [0.2, 0.25) is 5.91 Å². The third-order valence-electron chi connectivity index (χ3n) is 7.36. The Balaban J connectivity index is 1.94. The van der Waals surface area contributed by atoms with Crippen LogP contribution in [0.4, 0.5) is 4.79 Å². The van der Waals surface area contributed by atoms with E-state index < -0.39 is 17.7 Å². The van der Waals surface area contributed by atoms with Crippen LogP contribution in [0.5, 0.6) is 11.5 Å². The molecule has 2 aromatic carbocycles. The molecule has 0 radical (unpaired) electrons. The number of hydrogen-bond donors (Lipinski definition) is 0. The molecule has 0 aliphatic carbocycles. The maximum absolute atomic E-state index is 14.6. The Morgan fingerprint density at radius 2 is 1.80 bits per heavy atom. The maximum atomic E-state index is 14.6. The van der Waals surface area contributed by atoms with Crippen LogP contribution in [-0.2, 0) is 4.79 Å². The summed E-state index contributed by atoms with van der Waals surface area (Å²) in [5.41, 5.74) is 1.91. The van der Waals surface area contributed by atoms with Crippen molar-refractivity contribution in [2.24, 2.45) is 4.99 Å². The molecular weight excluding hydrogens is 611 g/mol. The van der Waals surface area contributed by atoms with Gasteiger partial charge in [-0.15, -0.1) is 0 Å². The first-order chi connectivity index (χ1) is 21.2. The van der Waals surface area contributed by atoms with E-state index in [4.69, 9.17) is 37.7 Å². The molecule has 0 spiro atoms. The number of aliphatic imine (C=N–C) groups is 1. The number of urea groups is 1. The van der Waals surface area contributed by atoms with E-state index in [1.165, 1.54) is 0 Å². The number of rotatable bonds is 8. The molecule has 2 heterocycles. The zero-order chi connectivity index (χ0) is 33.1. The molecule has 2 aromatic rings. The quantitative estimate of drug-likeness (QED) is 0.275. The second-order valence-corrected chi connectivity index (χ2v) is 13.4. The number of benzene rings is 2. The van der Waals surface area contributed by atoms with Crippen LogP contribution >= 0.6 is 23.2 Å². The molecule has 2 aliphatic heterocycles. The predicted molar refractivity (Wildman–Crippen MR) is 181 cm³/mol. The fraction of sp³-hybridized carbons (Fsp3) is 0.400. The van der Waals surface area contributed by atoms with Crippen molar-refractivity contribution in [1.82, 2.24) is 14.7 Å². The molecule has 10 heteroatoms. The Kier molecular flexibility index (Phi) is 10.7. The number of amides is 3. The summed E-state index contributed by atoms with van der Waals surface area (Å²) >= 11 is 12.6. The molecule has 0 unspecified atom stereocenters. The molecule has 0 aromatic heterocycles. The molecule has 3 amide bonds. The third kappa shape index (κ3) is 8.30. The third-order valence-corrected chi connectivity index (χ3v) is 7.89. The molecule has 8 nitrogen and oxygen atoms in total. The molecule has 45 heavy (non-hydrogen) atoms. The Bertz CT molecular complexity index is 1530. The van der Waals surface area contributed by atoms with Gasteiger partial charge in [0.25, 0.3) is 0 Å². The van der Waals surface area contributed by atoms with Gasteiger partial charge in [0.1, 0.15) is 35.5 Å². The van der Waals surface area contributed by atoms with Crippen molar-refractivity contribution in [3.8, 4) is 11.5 Å². The van der Waals surface area contributed by atoms with Gasteiger partial charge in [0.15, 0.2) is 0 Å².